The summed E-state index contributed by atoms with van der Waals surface area (Å²) in [6, 6.07) is 0. The van der Waals surface area contributed by atoms with Crippen LogP contribution in [0.4, 0.5) is 0 Å². The zero-order chi connectivity index (χ0) is 14.5. The van der Waals surface area contributed by atoms with Crippen LogP contribution in [-0.4, -0.2) is 54.2 Å². The number of carbonyl (C=O) groups is 1. The second-order valence-electron chi connectivity index (χ2n) is 4.20. The Labute approximate surface area is 125 Å². The molecule has 0 saturated heterocycles. The number of methoxy groups -OCH3 is 1. The van der Waals surface area contributed by atoms with Crippen LogP contribution in [0, 0.1) is 0 Å². The van der Waals surface area contributed by atoms with E-state index in [1.54, 1.807) is 19.1 Å². The van der Waals surface area contributed by atoms with Gasteiger partial charge in [-0.05, 0) is 0 Å². The third-order valence-corrected chi connectivity index (χ3v) is 3.84. The minimum Gasteiger partial charge on any atom is -0.382 e. The molecule has 1 amide bonds. The number of nitrogens with zero attached hydrogens (tertiary/aromatic N) is 3. The van der Waals surface area contributed by atoms with Crippen molar-refractivity contribution in [3.8, 4) is 0 Å². The lowest BCUT2D eigenvalue weighted by Crippen LogP contribution is -2.30. The number of rotatable bonds is 7. The zero-order valence-corrected chi connectivity index (χ0v) is 12.9. The second-order valence-corrected chi connectivity index (χ2v) is 5.43. The van der Waals surface area contributed by atoms with Gasteiger partial charge in [-0.25, -0.2) is 4.98 Å². The summed E-state index contributed by atoms with van der Waals surface area (Å²) in [7, 11) is 3.30. The van der Waals surface area contributed by atoms with Gasteiger partial charge in [-0.2, -0.15) is 0 Å². The number of amides is 1. The predicted octanol–water partition coefficient (Wildman–Crippen LogP) is 1.67. The second kappa shape index (κ2) is 7.03. The maximum atomic E-state index is 11.9. The third-order valence-electron chi connectivity index (χ3n) is 2.78. The first-order chi connectivity index (χ1) is 9.63. The first kappa shape index (κ1) is 15.2. The highest BCUT2D eigenvalue weighted by molar-refractivity contribution is 7.15. The monoisotopic (exact) mass is 317 g/mol. The van der Waals surface area contributed by atoms with E-state index in [2.05, 4.69) is 4.98 Å². The number of halogens is 1. The number of thiazole rings is 1. The molecule has 0 radical (unpaired) electrons. The van der Waals surface area contributed by atoms with Gasteiger partial charge in [0.2, 0.25) is 5.91 Å². The van der Waals surface area contributed by atoms with Crippen LogP contribution in [0.2, 0.25) is 5.15 Å². The lowest BCUT2D eigenvalue weighted by atomic mass is 10.4. The van der Waals surface area contributed by atoms with E-state index < -0.39 is 0 Å². The average molecular weight is 318 g/mol. The van der Waals surface area contributed by atoms with Crippen LogP contribution >= 0.6 is 22.9 Å². The van der Waals surface area contributed by atoms with Gasteiger partial charge in [0.05, 0.1) is 25.5 Å². The molecule has 2 heterocycles. The molecule has 2 aromatic heterocycles. The first-order valence-electron chi connectivity index (χ1n) is 6.04. The number of aromatic nitrogens is 2. The molecule has 20 heavy (non-hydrogen) atoms. The number of likely N-dealkylation sites (N-methyl/N-ethyl adjacent to an activating group) is 1. The summed E-state index contributed by atoms with van der Waals surface area (Å²) in [5.41, 5.74) is 0.802. The van der Waals surface area contributed by atoms with E-state index in [1.807, 2.05) is 16.0 Å². The van der Waals surface area contributed by atoms with Gasteiger partial charge in [-0.15, -0.1) is 11.3 Å². The Kier molecular flexibility index (Phi) is 5.36. The number of ether oxygens (including phenoxy) is 2. The van der Waals surface area contributed by atoms with Crippen molar-refractivity contribution < 1.29 is 14.3 Å². The molecular weight excluding hydrogens is 302 g/mol. The molecule has 0 saturated carbocycles. The van der Waals surface area contributed by atoms with Crippen LogP contribution in [0.15, 0.2) is 11.6 Å². The maximum absolute atomic E-state index is 11.9. The highest BCUT2D eigenvalue weighted by Gasteiger charge is 2.16. The van der Waals surface area contributed by atoms with Crippen LogP contribution in [0.25, 0.3) is 4.96 Å². The average Bonchev–Trinajstić information content (AvgIpc) is 2.97. The molecule has 0 spiro atoms. The van der Waals surface area contributed by atoms with Gasteiger partial charge in [-0.3, -0.25) is 9.20 Å². The molecule has 8 heteroatoms. The summed E-state index contributed by atoms with van der Waals surface area (Å²) >= 11 is 7.59. The zero-order valence-electron chi connectivity index (χ0n) is 11.3. The molecular formula is C12H16ClN3O3S. The van der Waals surface area contributed by atoms with Gasteiger partial charge in [0.1, 0.15) is 6.61 Å². The molecule has 0 unspecified atom stereocenters. The summed E-state index contributed by atoms with van der Waals surface area (Å²) in [5, 5.41) is 2.36. The summed E-state index contributed by atoms with van der Waals surface area (Å²) < 4.78 is 11.9. The number of imidazole rings is 1. The Morgan fingerprint density at radius 1 is 1.55 bits per heavy atom. The standard InChI is InChI=1S/C12H16ClN3O3S/c1-15(10(17)8-19-5-4-18-2)7-9-11(13)14-12-16(9)3-6-20-12/h3,6H,4-5,7-8H2,1-2H3. The van der Waals surface area contributed by atoms with Crippen molar-refractivity contribution >= 4 is 33.8 Å². The number of fused-ring (bicyclic) bond motifs is 1. The van der Waals surface area contributed by atoms with Crippen molar-refractivity contribution in [1.82, 2.24) is 14.3 Å². The normalized spacial score (nSPS) is 11.2. The highest BCUT2D eigenvalue weighted by atomic mass is 35.5. The summed E-state index contributed by atoms with van der Waals surface area (Å²) in [6.45, 7) is 1.30. The maximum Gasteiger partial charge on any atom is 0.248 e. The Hall–Kier alpha value is -1.15. The first-order valence-corrected chi connectivity index (χ1v) is 7.29. The molecule has 110 valence electrons. The Bertz CT molecular complexity index is 584. The molecule has 0 aromatic carbocycles. The van der Waals surface area contributed by atoms with Crippen molar-refractivity contribution in [2.75, 3.05) is 34.0 Å². The van der Waals surface area contributed by atoms with E-state index in [9.17, 15) is 4.79 Å². The summed E-state index contributed by atoms with van der Waals surface area (Å²) in [4.78, 5) is 18.5. The van der Waals surface area contributed by atoms with Gasteiger partial charge in [0.15, 0.2) is 10.1 Å². The minimum absolute atomic E-state index is 0.0308. The van der Waals surface area contributed by atoms with Gasteiger partial charge in [0, 0.05) is 25.7 Å². The van der Waals surface area contributed by atoms with E-state index in [0.29, 0.717) is 24.9 Å². The van der Waals surface area contributed by atoms with E-state index in [4.69, 9.17) is 21.1 Å². The summed E-state index contributed by atoms with van der Waals surface area (Å²) in [5.74, 6) is -0.109. The molecule has 0 N–H and O–H groups in total. The van der Waals surface area contributed by atoms with Crippen molar-refractivity contribution in [2.24, 2.45) is 0 Å². The van der Waals surface area contributed by atoms with E-state index in [0.717, 1.165) is 10.7 Å². The quantitative estimate of drug-likeness (QED) is 0.729. The minimum atomic E-state index is -0.109. The molecule has 0 aliphatic rings. The van der Waals surface area contributed by atoms with E-state index >= 15 is 0 Å². The molecule has 0 bridgehead atoms. The van der Waals surface area contributed by atoms with Crippen LogP contribution in [0.3, 0.4) is 0 Å². The molecule has 2 rings (SSSR count). The number of carbonyl (C=O) groups excluding carboxylic acids is 1. The Morgan fingerprint density at radius 2 is 2.35 bits per heavy atom. The van der Waals surface area contributed by atoms with Gasteiger partial charge in [-0.1, -0.05) is 11.6 Å². The fraction of sp³-hybridized carbons (Fsp3) is 0.500. The lowest BCUT2D eigenvalue weighted by Gasteiger charge is -2.16. The van der Waals surface area contributed by atoms with Crippen LogP contribution < -0.4 is 0 Å². The van der Waals surface area contributed by atoms with Gasteiger partial charge >= 0.3 is 0 Å². The topological polar surface area (TPSA) is 56.1 Å². The summed E-state index contributed by atoms with van der Waals surface area (Å²) in [6.07, 6.45) is 1.89. The number of hydrogen-bond acceptors (Lipinski definition) is 5. The van der Waals surface area contributed by atoms with E-state index in [-0.39, 0.29) is 12.5 Å². The molecule has 0 fully saturated rings. The largest absolute Gasteiger partial charge is 0.382 e. The molecule has 6 nitrogen and oxygen atoms in total. The smallest absolute Gasteiger partial charge is 0.248 e. The van der Waals surface area contributed by atoms with Gasteiger partial charge in [0.25, 0.3) is 0 Å². The highest BCUT2D eigenvalue weighted by Crippen LogP contribution is 2.22. The van der Waals surface area contributed by atoms with Crippen molar-refractivity contribution in [2.45, 2.75) is 6.54 Å². The third kappa shape index (κ3) is 3.49. The van der Waals surface area contributed by atoms with Crippen molar-refractivity contribution in [1.29, 1.82) is 0 Å². The van der Waals surface area contributed by atoms with E-state index in [1.165, 1.54) is 11.3 Å². The SMILES string of the molecule is COCCOCC(=O)N(C)Cc1c(Cl)nc2sccn12. The number of hydrogen-bond donors (Lipinski definition) is 0. The van der Waals surface area contributed by atoms with Crippen LogP contribution in [0.1, 0.15) is 5.69 Å². The predicted molar refractivity (Wildman–Crippen MR) is 77.2 cm³/mol. The molecule has 0 atom stereocenters. The molecule has 0 aliphatic carbocycles. The fourth-order valence-corrected chi connectivity index (χ4v) is 2.69. The van der Waals surface area contributed by atoms with Crippen LogP contribution in [-0.2, 0) is 20.8 Å². The Balaban J connectivity index is 1.93. The fourth-order valence-electron chi connectivity index (χ4n) is 1.67. The molecule has 2 aromatic rings. The molecule has 0 aliphatic heterocycles. The van der Waals surface area contributed by atoms with Crippen LogP contribution in [0.5, 0.6) is 0 Å². The van der Waals surface area contributed by atoms with Crippen molar-refractivity contribution in [3.05, 3.63) is 22.4 Å². The lowest BCUT2D eigenvalue weighted by molar-refractivity contribution is -0.135. The van der Waals surface area contributed by atoms with Crippen molar-refractivity contribution in [3.63, 3.8) is 0 Å². The Morgan fingerprint density at radius 3 is 3.10 bits per heavy atom. The van der Waals surface area contributed by atoms with Gasteiger partial charge < -0.3 is 14.4 Å².